The number of nitrogens with one attached hydrogen (secondary N) is 1. The number of carbonyl (C=O) groups excluding carboxylic acids is 3. The van der Waals surface area contributed by atoms with Gasteiger partial charge in [-0.3, -0.25) is 14.4 Å². The SMILES string of the molecule is O=C1Nc2ccc(-c3ccc4c(c3)OCO4)cc2C(=O)N2CCN(C(=O)C3CC3)C[C@H]12. The molecule has 1 N–H and O–H groups in total. The number of ether oxygens (including phenoxy) is 2. The molecule has 0 spiro atoms. The molecule has 1 saturated heterocycles. The molecule has 2 aromatic carbocycles. The van der Waals surface area contributed by atoms with Crippen LogP contribution < -0.4 is 14.8 Å². The number of fused-ring (bicyclic) bond motifs is 3. The van der Waals surface area contributed by atoms with Crippen molar-refractivity contribution in [1.29, 1.82) is 0 Å². The Morgan fingerprint density at radius 2 is 1.74 bits per heavy atom. The number of carbonyl (C=O) groups is 3. The summed E-state index contributed by atoms with van der Waals surface area (Å²) < 4.78 is 10.8. The van der Waals surface area contributed by atoms with Crippen molar-refractivity contribution in [2.75, 3.05) is 31.7 Å². The maximum absolute atomic E-state index is 13.4. The number of hydrogen-bond donors (Lipinski definition) is 1. The van der Waals surface area contributed by atoms with Crippen LogP contribution in [-0.4, -0.2) is 60.0 Å². The first-order valence-corrected chi connectivity index (χ1v) is 10.5. The first-order valence-electron chi connectivity index (χ1n) is 10.5. The number of rotatable bonds is 2. The Morgan fingerprint density at radius 1 is 0.968 bits per heavy atom. The van der Waals surface area contributed by atoms with E-state index in [1.54, 1.807) is 21.9 Å². The fraction of sp³-hybridized carbons (Fsp3) is 0.348. The molecule has 8 nitrogen and oxygen atoms in total. The molecule has 4 aliphatic rings. The lowest BCUT2D eigenvalue weighted by Crippen LogP contribution is -2.59. The lowest BCUT2D eigenvalue weighted by atomic mass is 10.0. The second kappa shape index (κ2) is 6.73. The Bertz CT molecular complexity index is 1130. The number of nitrogens with zero attached hydrogens (tertiary/aromatic N) is 2. The summed E-state index contributed by atoms with van der Waals surface area (Å²) in [5, 5.41) is 2.89. The molecule has 1 saturated carbocycles. The lowest BCUT2D eigenvalue weighted by molar-refractivity contribution is -0.136. The van der Waals surface area contributed by atoms with Crippen LogP contribution in [0.1, 0.15) is 23.2 Å². The summed E-state index contributed by atoms with van der Waals surface area (Å²) in [6.45, 7) is 1.26. The molecule has 2 fully saturated rings. The quantitative estimate of drug-likeness (QED) is 0.806. The Balaban J connectivity index is 1.31. The van der Waals surface area contributed by atoms with E-state index in [2.05, 4.69) is 5.32 Å². The summed E-state index contributed by atoms with van der Waals surface area (Å²) in [4.78, 5) is 42.1. The molecule has 1 aliphatic carbocycles. The van der Waals surface area contributed by atoms with Crippen LogP contribution in [0.3, 0.4) is 0 Å². The van der Waals surface area contributed by atoms with E-state index in [1.807, 2.05) is 24.3 Å². The molecule has 2 aromatic rings. The van der Waals surface area contributed by atoms with Crippen molar-refractivity contribution in [1.82, 2.24) is 9.80 Å². The number of amides is 3. The zero-order valence-corrected chi connectivity index (χ0v) is 16.8. The third-order valence-electron chi connectivity index (χ3n) is 6.40. The summed E-state index contributed by atoms with van der Waals surface area (Å²) >= 11 is 0. The largest absolute Gasteiger partial charge is 0.454 e. The van der Waals surface area contributed by atoms with Crippen LogP contribution in [0.2, 0.25) is 0 Å². The average Bonchev–Trinajstić information content (AvgIpc) is 3.55. The van der Waals surface area contributed by atoms with Gasteiger partial charge in [-0.25, -0.2) is 0 Å². The second-order valence-corrected chi connectivity index (χ2v) is 8.39. The summed E-state index contributed by atoms with van der Waals surface area (Å²) in [6.07, 6.45) is 1.84. The molecule has 0 aromatic heterocycles. The van der Waals surface area contributed by atoms with E-state index in [4.69, 9.17) is 9.47 Å². The van der Waals surface area contributed by atoms with Gasteiger partial charge in [-0.05, 0) is 48.2 Å². The highest BCUT2D eigenvalue weighted by molar-refractivity contribution is 6.11. The van der Waals surface area contributed by atoms with Gasteiger partial charge in [0.2, 0.25) is 18.6 Å². The van der Waals surface area contributed by atoms with Crippen LogP contribution in [0.15, 0.2) is 36.4 Å². The highest BCUT2D eigenvalue weighted by atomic mass is 16.7. The van der Waals surface area contributed by atoms with Crippen LogP contribution in [0.25, 0.3) is 11.1 Å². The third kappa shape index (κ3) is 3.01. The molecule has 31 heavy (non-hydrogen) atoms. The topological polar surface area (TPSA) is 88.2 Å². The lowest BCUT2D eigenvalue weighted by Gasteiger charge is -2.39. The van der Waals surface area contributed by atoms with Crippen molar-refractivity contribution in [3.8, 4) is 22.6 Å². The molecular formula is C23H21N3O5. The van der Waals surface area contributed by atoms with Gasteiger partial charge in [0.05, 0.1) is 17.8 Å². The zero-order valence-electron chi connectivity index (χ0n) is 16.8. The average molecular weight is 419 g/mol. The third-order valence-corrected chi connectivity index (χ3v) is 6.40. The van der Waals surface area contributed by atoms with Crippen LogP contribution in [-0.2, 0) is 9.59 Å². The molecular weight excluding hydrogens is 398 g/mol. The van der Waals surface area contributed by atoms with Crippen molar-refractivity contribution in [2.45, 2.75) is 18.9 Å². The normalized spacial score (nSPS) is 21.9. The highest BCUT2D eigenvalue weighted by Gasteiger charge is 2.43. The summed E-state index contributed by atoms with van der Waals surface area (Å²) in [7, 11) is 0. The number of piperazine rings is 1. The van der Waals surface area contributed by atoms with Gasteiger partial charge in [-0.15, -0.1) is 0 Å². The van der Waals surface area contributed by atoms with Crippen LogP contribution in [0, 0.1) is 5.92 Å². The van der Waals surface area contributed by atoms with Gasteiger partial charge >= 0.3 is 0 Å². The minimum Gasteiger partial charge on any atom is -0.454 e. The van der Waals surface area contributed by atoms with Crippen molar-refractivity contribution >= 4 is 23.4 Å². The van der Waals surface area contributed by atoms with Gasteiger partial charge in [0.1, 0.15) is 6.04 Å². The highest BCUT2D eigenvalue weighted by Crippen LogP contribution is 2.38. The molecule has 3 heterocycles. The Morgan fingerprint density at radius 3 is 2.58 bits per heavy atom. The van der Waals surface area contributed by atoms with Crippen molar-refractivity contribution in [3.05, 3.63) is 42.0 Å². The van der Waals surface area contributed by atoms with Gasteiger partial charge in [0.25, 0.3) is 5.91 Å². The monoisotopic (exact) mass is 419 g/mol. The molecule has 158 valence electrons. The van der Waals surface area contributed by atoms with E-state index < -0.39 is 6.04 Å². The molecule has 0 unspecified atom stereocenters. The first kappa shape index (κ1) is 18.2. The first-order chi connectivity index (χ1) is 15.1. The molecule has 6 rings (SSSR count). The van der Waals surface area contributed by atoms with E-state index >= 15 is 0 Å². The number of anilines is 1. The van der Waals surface area contributed by atoms with E-state index in [0.717, 1.165) is 24.0 Å². The Labute approximate surface area is 178 Å². The maximum Gasteiger partial charge on any atom is 0.256 e. The minimum absolute atomic E-state index is 0.0950. The zero-order chi connectivity index (χ0) is 21.1. The van der Waals surface area contributed by atoms with E-state index in [0.29, 0.717) is 35.8 Å². The Kier molecular flexibility index (Phi) is 3.96. The fourth-order valence-corrected chi connectivity index (χ4v) is 4.50. The molecule has 8 heteroatoms. The van der Waals surface area contributed by atoms with E-state index in [-0.39, 0.29) is 37.0 Å². The number of hydrogen-bond acceptors (Lipinski definition) is 5. The van der Waals surface area contributed by atoms with Gasteiger partial charge in [-0.2, -0.15) is 0 Å². The molecule has 3 amide bonds. The predicted octanol–water partition coefficient (Wildman–Crippen LogP) is 2.10. The minimum atomic E-state index is -0.676. The molecule has 1 atom stereocenters. The van der Waals surface area contributed by atoms with Crippen LogP contribution >= 0.6 is 0 Å². The van der Waals surface area contributed by atoms with Gasteiger partial charge in [0.15, 0.2) is 11.5 Å². The van der Waals surface area contributed by atoms with Crippen molar-refractivity contribution < 1.29 is 23.9 Å². The summed E-state index contributed by atoms with van der Waals surface area (Å²) in [6, 6.07) is 10.4. The van der Waals surface area contributed by atoms with Crippen molar-refractivity contribution in [3.63, 3.8) is 0 Å². The van der Waals surface area contributed by atoms with Crippen LogP contribution in [0.5, 0.6) is 11.5 Å². The van der Waals surface area contributed by atoms with Gasteiger partial charge in [-0.1, -0.05) is 12.1 Å². The van der Waals surface area contributed by atoms with Gasteiger partial charge in [0, 0.05) is 19.0 Å². The van der Waals surface area contributed by atoms with Gasteiger partial charge < -0.3 is 24.6 Å². The molecule has 3 aliphatic heterocycles. The van der Waals surface area contributed by atoms with Crippen LogP contribution in [0.4, 0.5) is 5.69 Å². The predicted molar refractivity (Wildman–Crippen MR) is 111 cm³/mol. The molecule has 0 radical (unpaired) electrons. The standard InChI is InChI=1S/C23H21N3O5/c27-21-18-11-25(22(28)13-1-2-13)7-8-26(18)23(29)16-9-14(3-5-17(16)24-21)15-4-6-19-20(10-15)31-12-30-19/h3-6,9-10,13,18H,1-2,7-8,11-12H2,(H,24,27)/t18-/m1/s1. The van der Waals surface area contributed by atoms with Crippen molar-refractivity contribution in [2.24, 2.45) is 5.92 Å². The Hall–Kier alpha value is -3.55. The smallest absolute Gasteiger partial charge is 0.256 e. The maximum atomic E-state index is 13.4. The number of benzene rings is 2. The van der Waals surface area contributed by atoms with E-state index in [9.17, 15) is 14.4 Å². The molecule has 0 bridgehead atoms. The second-order valence-electron chi connectivity index (χ2n) is 8.39. The fourth-order valence-electron chi connectivity index (χ4n) is 4.50. The summed E-state index contributed by atoms with van der Waals surface area (Å²) in [5.41, 5.74) is 2.69. The summed E-state index contributed by atoms with van der Waals surface area (Å²) in [5.74, 6) is 1.12. The van der Waals surface area contributed by atoms with E-state index in [1.165, 1.54) is 0 Å².